The first-order chi connectivity index (χ1) is 10.6. The largest absolute Gasteiger partial charge is 0.489 e. The summed E-state index contributed by atoms with van der Waals surface area (Å²) in [5.74, 6) is 0.628. The van der Waals surface area contributed by atoms with E-state index in [1.54, 1.807) is 0 Å². The van der Waals surface area contributed by atoms with Crippen molar-refractivity contribution in [3.05, 3.63) is 65.7 Å². The molecule has 0 saturated heterocycles. The molecule has 0 aliphatic heterocycles. The highest BCUT2D eigenvalue weighted by Gasteiger charge is 2.16. The van der Waals surface area contributed by atoms with Crippen molar-refractivity contribution < 1.29 is 9.53 Å². The normalized spacial score (nSPS) is 12.7. The molecular weight excluding hydrogens is 312 g/mol. The smallest absolute Gasteiger partial charge is 0.241 e. The first-order valence-corrected chi connectivity index (χ1v) is 7.38. The highest BCUT2D eigenvalue weighted by Crippen LogP contribution is 2.17. The molecule has 2 aromatic carbocycles. The molecule has 2 atom stereocenters. The van der Waals surface area contributed by atoms with Crippen LogP contribution >= 0.6 is 12.4 Å². The highest BCUT2D eigenvalue weighted by atomic mass is 35.5. The third-order valence-electron chi connectivity index (χ3n) is 3.43. The molecule has 3 N–H and O–H groups in total. The van der Waals surface area contributed by atoms with Gasteiger partial charge in [-0.1, -0.05) is 48.5 Å². The predicted octanol–water partition coefficient (Wildman–Crippen LogP) is 3.00. The number of ether oxygens (including phenoxy) is 1. The molecule has 2 rings (SSSR count). The number of rotatable bonds is 6. The SMILES string of the molecule is Cc1ccccc1OC(C)CNC(=O)C(N)c1ccccc1.Cl. The summed E-state index contributed by atoms with van der Waals surface area (Å²) in [4.78, 5) is 12.1. The van der Waals surface area contributed by atoms with Crippen molar-refractivity contribution in [1.82, 2.24) is 5.32 Å². The van der Waals surface area contributed by atoms with E-state index < -0.39 is 6.04 Å². The number of hydrogen-bond donors (Lipinski definition) is 2. The molecule has 0 aromatic heterocycles. The van der Waals surface area contributed by atoms with Crippen molar-refractivity contribution in [2.24, 2.45) is 5.73 Å². The predicted molar refractivity (Wildman–Crippen MR) is 94.9 cm³/mol. The zero-order chi connectivity index (χ0) is 15.9. The molecule has 0 bridgehead atoms. The van der Waals surface area contributed by atoms with Crippen LogP contribution in [0.1, 0.15) is 24.1 Å². The molecule has 0 aliphatic rings. The van der Waals surface area contributed by atoms with Crippen LogP contribution < -0.4 is 15.8 Å². The van der Waals surface area contributed by atoms with Crippen molar-refractivity contribution in [2.75, 3.05) is 6.54 Å². The van der Waals surface area contributed by atoms with Gasteiger partial charge in [-0.2, -0.15) is 0 Å². The number of para-hydroxylation sites is 1. The first-order valence-electron chi connectivity index (χ1n) is 7.38. The van der Waals surface area contributed by atoms with Crippen molar-refractivity contribution in [2.45, 2.75) is 26.0 Å². The van der Waals surface area contributed by atoms with Gasteiger partial charge in [0.15, 0.2) is 0 Å². The number of nitrogens with one attached hydrogen (secondary N) is 1. The molecule has 23 heavy (non-hydrogen) atoms. The van der Waals surface area contributed by atoms with Crippen molar-refractivity contribution >= 4 is 18.3 Å². The first kappa shape index (κ1) is 19.0. The molecule has 0 heterocycles. The zero-order valence-corrected chi connectivity index (χ0v) is 14.2. The van der Waals surface area contributed by atoms with Crippen molar-refractivity contribution in [3.8, 4) is 5.75 Å². The van der Waals surface area contributed by atoms with E-state index in [1.165, 1.54) is 0 Å². The molecule has 0 fully saturated rings. The Kier molecular flexibility index (Phi) is 7.59. The van der Waals surface area contributed by atoms with E-state index in [1.807, 2.05) is 68.4 Å². The summed E-state index contributed by atoms with van der Waals surface area (Å²) in [5.41, 5.74) is 7.82. The van der Waals surface area contributed by atoms with E-state index in [4.69, 9.17) is 10.5 Å². The lowest BCUT2D eigenvalue weighted by Crippen LogP contribution is -2.39. The third kappa shape index (κ3) is 5.58. The van der Waals surface area contributed by atoms with E-state index >= 15 is 0 Å². The number of halogens is 1. The summed E-state index contributed by atoms with van der Waals surface area (Å²) in [7, 11) is 0. The number of hydrogen-bond acceptors (Lipinski definition) is 3. The summed E-state index contributed by atoms with van der Waals surface area (Å²) in [6.07, 6.45) is -0.131. The van der Waals surface area contributed by atoms with E-state index in [2.05, 4.69) is 5.32 Å². The zero-order valence-electron chi connectivity index (χ0n) is 13.4. The van der Waals surface area contributed by atoms with Crippen LogP contribution in [0.5, 0.6) is 5.75 Å². The maximum Gasteiger partial charge on any atom is 0.241 e. The minimum Gasteiger partial charge on any atom is -0.489 e. The van der Waals surface area contributed by atoms with Crippen LogP contribution in [-0.4, -0.2) is 18.6 Å². The molecule has 1 amide bonds. The van der Waals surface area contributed by atoms with Crippen LogP contribution in [0.2, 0.25) is 0 Å². The third-order valence-corrected chi connectivity index (χ3v) is 3.43. The standard InChI is InChI=1S/C18H22N2O2.ClH/c1-13-8-6-7-11-16(13)22-14(2)12-20-18(21)17(19)15-9-4-3-5-10-15;/h3-11,14,17H,12,19H2,1-2H3,(H,20,21);1H. The van der Waals surface area contributed by atoms with E-state index in [9.17, 15) is 4.79 Å². The Labute approximate surface area is 143 Å². The van der Waals surface area contributed by atoms with Gasteiger partial charge in [-0.3, -0.25) is 4.79 Å². The molecule has 5 heteroatoms. The average molecular weight is 335 g/mol. The molecule has 4 nitrogen and oxygen atoms in total. The number of carbonyl (C=O) groups excluding carboxylic acids is 1. The molecule has 0 saturated carbocycles. The van der Waals surface area contributed by atoms with Crippen LogP contribution in [0.15, 0.2) is 54.6 Å². The Balaban J connectivity index is 0.00000264. The lowest BCUT2D eigenvalue weighted by atomic mass is 10.1. The minimum absolute atomic E-state index is 0. The van der Waals surface area contributed by atoms with Crippen LogP contribution in [0, 0.1) is 6.92 Å². The quantitative estimate of drug-likeness (QED) is 0.853. The van der Waals surface area contributed by atoms with Gasteiger partial charge in [-0.25, -0.2) is 0 Å². The van der Waals surface area contributed by atoms with E-state index in [-0.39, 0.29) is 24.4 Å². The summed E-state index contributed by atoms with van der Waals surface area (Å²) in [5, 5.41) is 2.83. The van der Waals surface area contributed by atoms with Gasteiger partial charge < -0.3 is 15.8 Å². The summed E-state index contributed by atoms with van der Waals surface area (Å²) >= 11 is 0. The Bertz CT molecular complexity index is 619. The lowest BCUT2D eigenvalue weighted by Gasteiger charge is -2.18. The number of nitrogens with two attached hydrogens (primary N) is 1. The highest BCUT2D eigenvalue weighted by molar-refractivity contribution is 5.85. The topological polar surface area (TPSA) is 64.3 Å². The maximum atomic E-state index is 12.1. The van der Waals surface area contributed by atoms with Gasteiger partial charge in [0.25, 0.3) is 0 Å². The minimum atomic E-state index is -0.660. The molecule has 124 valence electrons. The molecule has 0 spiro atoms. The van der Waals surface area contributed by atoms with Crippen molar-refractivity contribution in [3.63, 3.8) is 0 Å². The molecule has 2 aromatic rings. The molecule has 0 radical (unpaired) electrons. The van der Waals surface area contributed by atoms with Gasteiger partial charge >= 0.3 is 0 Å². The Morgan fingerprint density at radius 3 is 2.39 bits per heavy atom. The molecule has 0 aliphatic carbocycles. The molecular formula is C18H23ClN2O2. The van der Waals surface area contributed by atoms with Crippen LogP contribution in [0.3, 0.4) is 0 Å². The van der Waals surface area contributed by atoms with Crippen molar-refractivity contribution in [1.29, 1.82) is 0 Å². The Hall–Kier alpha value is -2.04. The monoisotopic (exact) mass is 334 g/mol. The number of aryl methyl sites for hydroxylation is 1. The average Bonchev–Trinajstić information content (AvgIpc) is 2.55. The van der Waals surface area contributed by atoms with E-state index in [0.29, 0.717) is 6.54 Å². The Morgan fingerprint density at radius 1 is 1.13 bits per heavy atom. The second-order valence-electron chi connectivity index (χ2n) is 5.33. The van der Waals surface area contributed by atoms with Gasteiger partial charge in [-0.05, 0) is 31.0 Å². The fourth-order valence-electron chi connectivity index (χ4n) is 2.11. The summed E-state index contributed by atoms with van der Waals surface area (Å²) in [6.45, 7) is 4.32. The van der Waals surface area contributed by atoms with Gasteiger partial charge in [0.2, 0.25) is 5.91 Å². The van der Waals surface area contributed by atoms with Crippen LogP contribution in [0.4, 0.5) is 0 Å². The maximum absolute atomic E-state index is 12.1. The fourth-order valence-corrected chi connectivity index (χ4v) is 2.11. The fraction of sp³-hybridized carbons (Fsp3) is 0.278. The van der Waals surface area contributed by atoms with Gasteiger partial charge in [-0.15, -0.1) is 12.4 Å². The number of benzene rings is 2. The second-order valence-corrected chi connectivity index (χ2v) is 5.33. The number of amides is 1. The van der Waals surface area contributed by atoms with Crippen LogP contribution in [0.25, 0.3) is 0 Å². The molecule has 2 unspecified atom stereocenters. The lowest BCUT2D eigenvalue weighted by molar-refractivity contribution is -0.122. The van der Waals surface area contributed by atoms with Crippen LogP contribution in [-0.2, 0) is 4.79 Å². The summed E-state index contributed by atoms with van der Waals surface area (Å²) in [6, 6.07) is 16.5. The van der Waals surface area contributed by atoms with Gasteiger partial charge in [0.05, 0.1) is 6.54 Å². The summed E-state index contributed by atoms with van der Waals surface area (Å²) < 4.78 is 5.83. The Morgan fingerprint density at radius 2 is 1.74 bits per heavy atom. The van der Waals surface area contributed by atoms with Gasteiger partial charge in [0.1, 0.15) is 17.9 Å². The van der Waals surface area contributed by atoms with Gasteiger partial charge in [0, 0.05) is 0 Å². The van der Waals surface area contributed by atoms with E-state index in [0.717, 1.165) is 16.9 Å². The number of carbonyl (C=O) groups is 1. The second kappa shape index (κ2) is 9.18.